The van der Waals surface area contributed by atoms with Crippen molar-refractivity contribution in [1.29, 1.82) is 0 Å². The van der Waals surface area contributed by atoms with E-state index in [1.54, 1.807) is 6.07 Å². The zero-order valence-electron chi connectivity index (χ0n) is 23.8. The highest BCUT2D eigenvalue weighted by molar-refractivity contribution is 6.39. The number of pyridine rings is 2. The molecule has 2 saturated heterocycles. The van der Waals surface area contributed by atoms with Gasteiger partial charge >= 0.3 is 12.6 Å². The zero-order valence-corrected chi connectivity index (χ0v) is 25.3. The highest BCUT2D eigenvalue weighted by Crippen LogP contribution is 2.51. The summed E-state index contributed by atoms with van der Waals surface area (Å²) in [5.74, 6) is -0.0503. The molecule has 2 bridgehead atoms. The van der Waals surface area contributed by atoms with Crippen molar-refractivity contribution in [3.8, 4) is 22.8 Å². The van der Waals surface area contributed by atoms with Gasteiger partial charge in [-0.15, -0.1) is 0 Å². The number of carbonyl (C=O) groups is 1. The first-order valence-electron chi connectivity index (χ1n) is 14.5. The normalized spacial score (nSPS) is 22.9. The standard InChI is InChI=1S/C32H27Cl2F2N3O6/c33-21-13-37-14-22(34)26(21)27-19(28(45-39-27)17-1-2-17)5-6-32-9-7-31(8-10-32,16-43-32)15-42-18-3-4-23-20(11-18)25(44-30(35)36)12-24(38-23)29(40)41/h3-6,11-14,17,30H,1-2,7-10,15-16H2,(H,40,41). The third kappa shape index (κ3) is 5.84. The highest BCUT2D eigenvalue weighted by Gasteiger charge is 2.49. The Hall–Kier alpha value is -3.80. The molecule has 2 saturated carbocycles. The van der Waals surface area contributed by atoms with Crippen LogP contribution in [-0.4, -0.2) is 51.6 Å². The molecule has 2 aliphatic heterocycles. The second-order valence-electron chi connectivity index (χ2n) is 11.9. The zero-order chi connectivity index (χ0) is 31.3. The number of carboxylic acid groups (broad SMARTS) is 1. The molecule has 13 heteroatoms. The molecule has 45 heavy (non-hydrogen) atoms. The van der Waals surface area contributed by atoms with Gasteiger partial charge in [0, 0.05) is 46.3 Å². The molecule has 0 amide bonds. The summed E-state index contributed by atoms with van der Waals surface area (Å²) in [6.07, 6.45) is 12.6. The van der Waals surface area contributed by atoms with Crippen molar-refractivity contribution in [2.75, 3.05) is 13.2 Å². The molecule has 3 aromatic heterocycles. The Bertz CT molecular complexity index is 1780. The predicted octanol–water partition coefficient (Wildman–Crippen LogP) is 8.19. The summed E-state index contributed by atoms with van der Waals surface area (Å²) < 4.78 is 49.2. The Labute approximate surface area is 266 Å². The largest absolute Gasteiger partial charge is 0.493 e. The molecule has 1 aromatic carbocycles. The van der Waals surface area contributed by atoms with Crippen LogP contribution in [0.15, 0.2) is 47.3 Å². The van der Waals surface area contributed by atoms with E-state index in [1.807, 2.05) is 6.08 Å². The summed E-state index contributed by atoms with van der Waals surface area (Å²) >= 11 is 12.9. The van der Waals surface area contributed by atoms with Crippen molar-refractivity contribution in [2.24, 2.45) is 5.41 Å². The Morgan fingerprint density at radius 3 is 2.53 bits per heavy atom. The van der Waals surface area contributed by atoms with Crippen LogP contribution in [-0.2, 0) is 4.74 Å². The van der Waals surface area contributed by atoms with Crippen LogP contribution in [0.25, 0.3) is 28.2 Å². The maximum Gasteiger partial charge on any atom is 0.387 e. The minimum atomic E-state index is -3.13. The molecule has 2 aliphatic carbocycles. The van der Waals surface area contributed by atoms with Crippen molar-refractivity contribution >= 4 is 46.2 Å². The van der Waals surface area contributed by atoms with E-state index in [0.29, 0.717) is 46.2 Å². The number of fused-ring (bicyclic) bond motifs is 4. The van der Waals surface area contributed by atoms with Gasteiger partial charge in [0.25, 0.3) is 0 Å². The minimum Gasteiger partial charge on any atom is -0.493 e. The summed E-state index contributed by atoms with van der Waals surface area (Å²) in [7, 11) is 0. The fourth-order valence-corrected chi connectivity index (χ4v) is 6.70. The lowest BCUT2D eigenvalue weighted by molar-refractivity contribution is -0.167. The molecular weight excluding hydrogens is 631 g/mol. The topological polar surface area (TPSA) is 117 Å². The number of alkyl halides is 2. The average Bonchev–Trinajstić information content (AvgIpc) is 3.79. The van der Waals surface area contributed by atoms with Crippen LogP contribution in [0.3, 0.4) is 0 Å². The van der Waals surface area contributed by atoms with Gasteiger partial charge < -0.3 is 23.8 Å². The van der Waals surface area contributed by atoms with Gasteiger partial charge in [0.2, 0.25) is 0 Å². The smallest absolute Gasteiger partial charge is 0.387 e. The van der Waals surface area contributed by atoms with Gasteiger partial charge in [-0.1, -0.05) is 40.5 Å². The summed E-state index contributed by atoms with van der Waals surface area (Å²) in [5.41, 5.74) is 1.19. The first-order valence-corrected chi connectivity index (χ1v) is 15.3. The van der Waals surface area contributed by atoms with Crippen molar-refractivity contribution in [3.63, 3.8) is 0 Å². The van der Waals surface area contributed by atoms with Crippen molar-refractivity contribution in [2.45, 2.75) is 56.7 Å². The average molecular weight is 658 g/mol. The summed E-state index contributed by atoms with van der Waals surface area (Å²) in [4.78, 5) is 19.5. The van der Waals surface area contributed by atoms with Gasteiger partial charge in [-0.3, -0.25) is 4.98 Å². The quantitative estimate of drug-likeness (QED) is 0.180. The number of aromatic nitrogens is 3. The van der Waals surface area contributed by atoms with Gasteiger partial charge in [-0.2, -0.15) is 8.78 Å². The Morgan fingerprint density at radius 1 is 1.13 bits per heavy atom. The molecule has 1 N–H and O–H groups in total. The third-order valence-electron chi connectivity index (χ3n) is 8.89. The molecule has 4 fully saturated rings. The number of hydrogen-bond acceptors (Lipinski definition) is 8. The van der Waals surface area contributed by atoms with Crippen LogP contribution < -0.4 is 9.47 Å². The minimum absolute atomic E-state index is 0.209. The molecule has 4 aliphatic rings. The number of carboxylic acids is 1. The van der Waals surface area contributed by atoms with Gasteiger partial charge in [0.1, 0.15) is 23.0 Å². The summed E-state index contributed by atoms with van der Waals surface area (Å²) in [6, 6.07) is 5.69. The van der Waals surface area contributed by atoms with Gasteiger partial charge in [-0.05, 0) is 56.7 Å². The number of hydrogen-bond donors (Lipinski definition) is 1. The van der Waals surface area contributed by atoms with Crippen LogP contribution in [0.2, 0.25) is 10.0 Å². The SMILES string of the molecule is O=C(O)c1cc(OC(F)F)c2cc(OCC34CCC(C=Cc5c(-c6c(Cl)cncc6Cl)noc5C5CC5)(CC3)OC4)ccc2n1. The highest BCUT2D eigenvalue weighted by atomic mass is 35.5. The monoisotopic (exact) mass is 657 g/mol. The molecule has 4 aromatic rings. The lowest BCUT2D eigenvalue weighted by Gasteiger charge is -2.51. The van der Waals surface area contributed by atoms with Crippen molar-refractivity contribution < 1.29 is 37.4 Å². The predicted molar refractivity (Wildman–Crippen MR) is 161 cm³/mol. The number of nitrogens with zero attached hydrogens (tertiary/aromatic N) is 3. The summed E-state index contributed by atoms with van der Waals surface area (Å²) in [6.45, 7) is -2.27. The Kier molecular flexibility index (Phi) is 7.66. The number of benzene rings is 1. The number of rotatable bonds is 10. The maximum atomic E-state index is 13.1. The lowest BCUT2D eigenvalue weighted by atomic mass is 9.66. The Morgan fingerprint density at radius 2 is 1.89 bits per heavy atom. The van der Waals surface area contributed by atoms with Gasteiger partial charge in [-0.25, -0.2) is 9.78 Å². The Balaban J connectivity index is 1.07. The fourth-order valence-electron chi connectivity index (χ4n) is 6.16. The van der Waals surface area contributed by atoms with Crippen molar-refractivity contribution in [1.82, 2.24) is 15.1 Å². The van der Waals surface area contributed by atoms with E-state index in [9.17, 15) is 18.7 Å². The van der Waals surface area contributed by atoms with E-state index in [1.165, 1.54) is 24.5 Å². The molecule has 0 spiro atoms. The van der Waals surface area contributed by atoms with E-state index in [-0.39, 0.29) is 22.1 Å². The number of aromatic carboxylic acids is 1. The van der Waals surface area contributed by atoms with Crippen LogP contribution in [0.5, 0.6) is 11.5 Å². The number of halogens is 4. The second kappa shape index (κ2) is 11.5. The van der Waals surface area contributed by atoms with Crippen LogP contribution in [0.4, 0.5) is 8.78 Å². The van der Waals surface area contributed by atoms with Crippen LogP contribution in [0.1, 0.15) is 66.3 Å². The van der Waals surface area contributed by atoms with Gasteiger partial charge in [0.15, 0.2) is 5.69 Å². The molecule has 0 atom stereocenters. The third-order valence-corrected chi connectivity index (χ3v) is 9.47. The summed E-state index contributed by atoms with van der Waals surface area (Å²) in [5, 5.41) is 14.7. The molecule has 0 unspecified atom stereocenters. The molecule has 9 nitrogen and oxygen atoms in total. The van der Waals surface area contributed by atoms with Crippen LogP contribution >= 0.6 is 23.2 Å². The molecule has 0 radical (unpaired) electrons. The lowest BCUT2D eigenvalue weighted by Crippen LogP contribution is -2.52. The van der Waals surface area contributed by atoms with E-state index in [2.05, 4.69) is 25.9 Å². The molecule has 8 rings (SSSR count). The maximum absolute atomic E-state index is 13.1. The molecular formula is C32H27Cl2F2N3O6. The second-order valence-corrected chi connectivity index (χ2v) is 12.7. The van der Waals surface area contributed by atoms with E-state index in [0.717, 1.165) is 55.9 Å². The fraction of sp³-hybridized carbons (Fsp3) is 0.375. The van der Waals surface area contributed by atoms with Crippen LogP contribution in [0, 0.1) is 5.41 Å². The van der Waals surface area contributed by atoms with Gasteiger partial charge in [0.05, 0.1) is 34.4 Å². The first kappa shape index (κ1) is 29.9. The van der Waals surface area contributed by atoms with E-state index in [4.69, 9.17) is 37.2 Å². The van der Waals surface area contributed by atoms with E-state index < -0.39 is 23.9 Å². The number of ether oxygens (including phenoxy) is 3. The molecule has 234 valence electrons. The van der Waals surface area contributed by atoms with Crippen molar-refractivity contribution in [3.05, 3.63) is 69.8 Å². The van der Waals surface area contributed by atoms with E-state index >= 15 is 0 Å². The molecule has 5 heterocycles. The first-order chi connectivity index (χ1) is 21.6.